The highest BCUT2D eigenvalue weighted by Crippen LogP contribution is 2.19. The molecule has 0 bridgehead atoms. The van der Waals surface area contributed by atoms with Crippen LogP contribution in [0.15, 0.2) is 64.3 Å². The fourth-order valence-electron chi connectivity index (χ4n) is 1.87. The molecule has 2 aromatic carbocycles. The molecule has 98 valence electrons. The van der Waals surface area contributed by atoms with Crippen molar-refractivity contribution in [3.63, 3.8) is 0 Å². The summed E-state index contributed by atoms with van der Waals surface area (Å²) in [5, 5.41) is 14.3. The van der Waals surface area contributed by atoms with Gasteiger partial charge in [-0.2, -0.15) is 10.2 Å². The number of aromatic nitrogens is 2. The predicted molar refractivity (Wildman–Crippen MR) is 84.9 cm³/mol. The summed E-state index contributed by atoms with van der Waals surface area (Å²) in [6.45, 7) is 0. The number of rotatable bonds is 3. The van der Waals surface area contributed by atoms with Crippen LogP contribution in [0.25, 0.3) is 10.8 Å². The monoisotopic (exact) mass is 326 g/mol. The molecule has 0 amide bonds. The van der Waals surface area contributed by atoms with Gasteiger partial charge in [0.25, 0.3) is 0 Å². The zero-order chi connectivity index (χ0) is 13.8. The lowest BCUT2D eigenvalue weighted by Crippen LogP contribution is -1.96. The van der Waals surface area contributed by atoms with E-state index in [1.54, 1.807) is 12.4 Å². The van der Waals surface area contributed by atoms with Gasteiger partial charge in [-0.05, 0) is 17.7 Å². The van der Waals surface area contributed by atoms with Gasteiger partial charge in [0, 0.05) is 15.2 Å². The Morgan fingerprint density at radius 3 is 2.90 bits per heavy atom. The molecule has 0 saturated heterocycles. The third-order valence-corrected chi connectivity index (χ3v) is 3.30. The topological polar surface area (TPSA) is 50.2 Å². The van der Waals surface area contributed by atoms with Gasteiger partial charge < -0.3 is 0 Å². The summed E-state index contributed by atoms with van der Waals surface area (Å²) >= 11 is 3.43. The van der Waals surface area contributed by atoms with Crippen LogP contribution in [0, 0.1) is 0 Å². The summed E-state index contributed by atoms with van der Waals surface area (Å²) in [6.07, 6.45) is 3.48. The number of halogens is 1. The second-order valence-corrected chi connectivity index (χ2v) is 5.12. The van der Waals surface area contributed by atoms with Crippen molar-refractivity contribution < 1.29 is 0 Å². The van der Waals surface area contributed by atoms with Gasteiger partial charge in [0.2, 0.25) is 0 Å². The molecular weight excluding hydrogens is 316 g/mol. The summed E-state index contributed by atoms with van der Waals surface area (Å²) in [4.78, 5) is 0. The van der Waals surface area contributed by atoms with Crippen LogP contribution in [-0.4, -0.2) is 16.4 Å². The van der Waals surface area contributed by atoms with E-state index in [1.165, 1.54) is 0 Å². The second kappa shape index (κ2) is 5.79. The Morgan fingerprint density at radius 2 is 2.00 bits per heavy atom. The van der Waals surface area contributed by atoms with Crippen LogP contribution in [0.5, 0.6) is 0 Å². The lowest BCUT2D eigenvalue weighted by molar-refractivity contribution is 1.04. The van der Waals surface area contributed by atoms with Crippen LogP contribution >= 0.6 is 15.9 Å². The van der Waals surface area contributed by atoms with Crippen LogP contribution in [-0.2, 0) is 0 Å². The first-order valence-corrected chi connectivity index (χ1v) is 6.87. The summed E-state index contributed by atoms with van der Waals surface area (Å²) in [6, 6.07) is 15.8. The minimum absolute atomic E-state index is 0.648. The SMILES string of the molecule is Brc1cccc(/C=N/Nc2nncc3ccccc23)c1. The molecule has 0 unspecified atom stereocenters. The van der Waals surface area contributed by atoms with Crippen molar-refractivity contribution in [3.8, 4) is 0 Å². The third kappa shape index (κ3) is 2.83. The largest absolute Gasteiger partial charge is 0.259 e. The molecule has 3 aromatic rings. The van der Waals surface area contributed by atoms with Crippen molar-refractivity contribution in [1.82, 2.24) is 10.2 Å². The van der Waals surface area contributed by atoms with Crippen molar-refractivity contribution in [3.05, 3.63) is 64.8 Å². The summed E-state index contributed by atoms with van der Waals surface area (Å²) in [7, 11) is 0. The number of hydrogen-bond donors (Lipinski definition) is 1. The molecule has 0 aliphatic rings. The van der Waals surface area contributed by atoms with E-state index in [1.807, 2.05) is 48.5 Å². The Hall–Kier alpha value is -2.27. The second-order valence-electron chi connectivity index (χ2n) is 4.21. The molecule has 0 aliphatic carbocycles. The van der Waals surface area contributed by atoms with Gasteiger partial charge in [-0.25, -0.2) is 0 Å². The van der Waals surface area contributed by atoms with Crippen LogP contribution in [0.4, 0.5) is 5.82 Å². The Morgan fingerprint density at radius 1 is 1.10 bits per heavy atom. The number of fused-ring (bicyclic) bond motifs is 1. The maximum atomic E-state index is 4.20. The van der Waals surface area contributed by atoms with E-state index in [2.05, 4.69) is 36.7 Å². The van der Waals surface area contributed by atoms with Crippen LogP contribution in [0.2, 0.25) is 0 Å². The minimum atomic E-state index is 0.648. The van der Waals surface area contributed by atoms with Crippen molar-refractivity contribution >= 4 is 38.7 Å². The lowest BCUT2D eigenvalue weighted by Gasteiger charge is -2.02. The number of hydrazone groups is 1. The van der Waals surface area contributed by atoms with E-state index >= 15 is 0 Å². The maximum absolute atomic E-state index is 4.20. The molecule has 0 aliphatic heterocycles. The number of hydrogen-bond acceptors (Lipinski definition) is 4. The Kier molecular flexibility index (Phi) is 3.69. The summed E-state index contributed by atoms with van der Waals surface area (Å²) in [5.74, 6) is 0.648. The zero-order valence-electron chi connectivity index (χ0n) is 10.5. The van der Waals surface area contributed by atoms with Crippen molar-refractivity contribution in [2.45, 2.75) is 0 Å². The van der Waals surface area contributed by atoms with Gasteiger partial charge in [-0.1, -0.05) is 52.3 Å². The Bertz CT molecular complexity index is 765. The summed E-state index contributed by atoms with van der Waals surface area (Å²) < 4.78 is 1.02. The molecule has 0 atom stereocenters. The number of nitrogens with one attached hydrogen (secondary N) is 1. The fourth-order valence-corrected chi connectivity index (χ4v) is 2.28. The van der Waals surface area contributed by atoms with Crippen LogP contribution in [0.3, 0.4) is 0 Å². The average molecular weight is 327 g/mol. The standard InChI is InChI=1S/C15H11BrN4/c16-13-6-3-4-11(8-13)9-17-19-15-14-7-2-1-5-12(14)10-18-20-15/h1-10H,(H,19,20)/b17-9+. The van der Waals surface area contributed by atoms with Crippen molar-refractivity contribution in [2.24, 2.45) is 5.10 Å². The van der Waals surface area contributed by atoms with E-state index in [0.29, 0.717) is 5.82 Å². The van der Waals surface area contributed by atoms with Gasteiger partial charge in [0.15, 0.2) is 5.82 Å². The van der Waals surface area contributed by atoms with E-state index < -0.39 is 0 Å². The van der Waals surface area contributed by atoms with E-state index in [9.17, 15) is 0 Å². The maximum Gasteiger partial charge on any atom is 0.176 e. The first-order valence-electron chi connectivity index (χ1n) is 6.08. The Labute approximate surface area is 124 Å². The number of anilines is 1. The molecule has 3 rings (SSSR count). The number of nitrogens with zero attached hydrogens (tertiary/aromatic N) is 3. The molecule has 0 radical (unpaired) electrons. The zero-order valence-corrected chi connectivity index (χ0v) is 12.1. The van der Waals surface area contributed by atoms with E-state index in [4.69, 9.17) is 0 Å². The minimum Gasteiger partial charge on any atom is -0.259 e. The fraction of sp³-hybridized carbons (Fsp3) is 0. The number of benzene rings is 2. The lowest BCUT2D eigenvalue weighted by atomic mass is 10.2. The van der Waals surface area contributed by atoms with Gasteiger partial charge >= 0.3 is 0 Å². The first kappa shape index (κ1) is 12.7. The van der Waals surface area contributed by atoms with Crippen molar-refractivity contribution in [1.29, 1.82) is 0 Å². The van der Waals surface area contributed by atoms with Gasteiger partial charge in [-0.15, -0.1) is 5.10 Å². The predicted octanol–water partition coefficient (Wildman–Crippen LogP) is 3.84. The molecule has 0 spiro atoms. The molecule has 0 saturated carbocycles. The highest BCUT2D eigenvalue weighted by Gasteiger charge is 2.00. The molecule has 1 aromatic heterocycles. The molecule has 1 heterocycles. The average Bonchev–Trinajstić information content (AvgIpc) is 2.48. The van der Waals surface area contributed by atoms with E-state index in [-0.39, 0.29) is 0 Å². The van der Waals surface area contributed by atoms with Gasteiger partial charge in [-0.3, -0.25) is 5.43 Å². The van der Waals surface area contributed by atoms with Gasteiger partial charge in [0.05, 0.1) is 12.4 Å². The highest BCUT2D eigenvalue weighted by molar-refractivity contribution is 9.10. The molecule has 20 heavy (non-hydrogen) atoms. The molecular formula is C15H11BrN4. The van der Waals surface area contributed by atoms with Gasteiger partial charge in [0.1, 0.15) is 0 Å². The molecule has 5 heteroatoms. The van der Waals surface area contributed by atoms with Crippen LogP contribution in [0.1, 0.15) is 5.56 Å². The summed E-state index contributed by atoms with van der Waals surface area (Å²) in [5.41, 5.74) is 3.94. The Balaban J connectivity index is 1.84. The molecule has 4 nitrogen and oxygen atoms in total. The van der Waals surface area contributed by atoms with Crippen molar-refractivity contribution in [2.75, 3.05) is 5.43 Å². The molecule has 1 N–H and O–H groups in total. The third-order valence-electron chi connectivity index (χ3n) is 2.80. The highest BCUT2D eigenvalue weighted by atomic mass is 79.9. The quantitative estimate of drug-likeness (QED) is 0.587. The van der Waals surface area contributed by atoms with E-state index in [0.717, 1.165) is 20.8 Å². The normalized spacial score (nSPS) is 11.1. The first-order chi connectivity index (χ1) is 9.83. The van der Waals surface area contributed by atoms with Crippen LogP contribution < -0.4 is 5.43 Å². The molecule has 0 fully saturated rings. The smallest absolute Gasteiger partial charge is 0.176 e.